The van der Waals surface area contributed by atoms with Gasteiger partial charge in [0.1, 0.15) is 0 Å². The van der Waals surface area contributed by atoms with Crippen molar-refractivity contribution in [1.82, 2.24) is 4.90 Å². The van der Waals surface area contributed by atoms with E-state index in [1.807, 2.05) is 23.1 Å². The molecule has 0 saturated carbocycles. The molecular weight excluding hydrogens is 594 g/mol. The quantitative estimate of drug-likeness (QED) is 0.223. The number of amidine groups is 1. The number of fused-ring (bicyclic) bond motifs is 2. The second kappa shape index (κ2) is 8.99. The summed E-state index contributed by atoms with van der Waals surface area (Å²) in [5, 5.41) is 2.50. The van der Waals surface area contributed by atoms with Crippen molar-refractivity contribution in [3.05, 3.63) is 51.0 Å². The van der Waals surface area contributed by atoms with Gasteiger partial charge < -0.3 is 0 Å². The molecule has 4 nitrogen and oxygen atoms in total. The van der Waals surface area contributed by atoms with Crippen molar-refractivity contribution >= 4 is 73.0 Å². The van der Waals surface area contributed by atoms with Crippen LogP contribution < -0.4 is 0 Å². The zero-order valence-electron chi connectivity index (χ0n) is 19.6. The molecule has 2 aliphatic heterocycles. The summed E-state index contributed by atoms with van der Waals surface area (Å²) in [5.41, 5.74) is 0.913. The van der Waals surface area contributed by atoms with Crippen LogP contribution in [-0.2, 0) is 9.22 Å². The van der Waals surface area contributed by atoms with E-state index in [-0.39, 0.29) is 44.0 Å². The van der Waals surface area contributed by atoms with Crippen LogP contribution >= 0.6 is 22.6 Å². The average Bonchev–Trinajstić information content (AvgIpc) is 2.71. The molecule has 7 heteroatoms. The molecule has 0 aliphatic carbocycles. The van der Waals surface area contributed by atoms with Crippen LogP contribution in [-0.4, -0.2) is 51.0 Å². The van der Waals surface area contributed by atoms with E-state index in [4.69, 9.17) is 9.42 Å². The summed E-state index contributed by atoms with van der Waals surface area (Å²) in [7, 11) is -1.94. The minimum atomic E-state index is -1.94. The van der Waals surface area contributed by atoms with E-state index in [1.165, 1.54) is 15.2 Å². The SMILES string of the molecule is C[C@@H](O[Si](C)(C)C(C)(C)C)[C@H]1C(=O)N2C(=Nc3ccc4ccccc4c3)[Se]/C(=C/I)C[C@H]12. The molecule has 2 aromatic rings. The predicted octanol–water partition coefficient (Wildman–Crippen LogP) is 6.45. The number of amides is 1. The molecule has 0 unspecified atom stereocenters. The van der Waals surface area contributed by atoms with Crippen molar-refractivity contribution in [3.8, 4) is 0 Å². The first-order valence-corrected chi connectivity index (χ1v) is 16.9. The van der Waals surface area contributed by atoms with Crippen molar-refractivity contribution in [2.24, 2.45) is 10.9 Å². The van der Waals surface area contributed by atoms with Crippen molar-refractivity contribution in [3.63, 3.8) is 0 Å². The first-order valence-electron chi connectivity index (χ1n) is 11.1. The van der Waals surface area contributed by atoms with Crippen LogP contribution in [0.1, 0.15) is 34.1 Å². The second-order valence-electron chi connectivity index (χ2n) is 10.2. The first kappa shape index (κ1) is 24.1. The molecule has 4 rings (SSSR count). The van der Waals surface area contributed by atoms with E-state index in [2.05, 4.69) is 91.7 Å². The Hall–Kier alpha value is -0.994. The Morgan fingerprint density at radius 2 is 1.91 bits per heavy atom. The number of rotatable bonds is 4. The van der Waals surface area contributed by atoms with Crippen LogP contribution in [0.15, 0.2) is 56.0 Å². The molecule has 0 spiro atoms. The summed E-state index contributed by atoms with van der Waals surface area (Å²) in [5.74, 6) is 0.0866. The normalized spacial score (nSPS) is 25.2. The van der Waals surface area contributed by atoms with E-state index < -0.39 is 8.32 Å². The van der Waals surface area contributed by atoms with Gasteiger partial charge in [-0.15, -0.1) is 0 Å². The Morgan fingerprint density at radius 3 is 2.56 bits per heavy atom. The number of nitrogens with zero attached hydrogens (tertiary/aromatic N) is 2. The maximum atomic E-state index is 13.4. The molecule has 2 saturated heterocycles. The Balaban J connectivity index is 1.61. The number of β-lactam (4-membered cyclic amide) rings is 1. The topological polar surface area (TPSA) is 41.9 Å². The predicted molar refractivity (Wildman–Crippen MR) is 145 cm³/mol. The van der Waals surface area contributed by atoms with Crippen LogP contribution in [0, 0.1) is 5.92 Å². The number of carbonyl (C=O) groups is 1. The Kier molecular flexibility index (Phi) is 6.78. The molecule has 2 fully saturated rings. The molecule has 0 radical (unpaired) electrons. The van der Waals surface area contributed by atoms with Gasteiger partial charge in [-0.1, -0.05) is 0 Å². The zero-order valence-corrected chi connectivity index (χ0v) is 24.4. The van der Waals surface area contributed by atoms with Crippen LogP contribution in [0.2, 0.25) is 18.1 Å². The monoisotopic (exact) mass is 626 g/mol. The third-order valence-electron chi connectivity index (χ3n) is 6.98. The number of halogens is 1. The van der Waals surface area contributed by atoms with Gasteiger partial charge in [0.05, 0.1) is 0 Å². The van der Waals surface area contributed by atoms with E-state index in [0.717, 1.165) is 16.8 Å². The number of carbonyl (C=O) groups excluding carboxylic acids is 1. The van der Waals surface area contributed by atoms with Gasteiger partial charge in [-0.2, -0.15) is 0 Å². The number of benzene rings is 2. The Labute approximate surface area is 212 Å². The molecule has 2 heterocycles. The summed E-state index contributed by atoms with van der Waals surface area (Å²) in [6.07, 6.45) is 0.856. The Bertz CT molecular complexity index is 1110. The maximum absolute atomic E-state index is 13.4. The van der Waals surface area contributed by atoms with Gasteiger partial charge in [-0.3, -0.25) is 0 Å². The van der Waals surface area contributed by atoms with Crippen molar-refractivity contribution < 1.29 is 9.22 Å². The average molecular weight is 625 g/mol. The van der Waals surface area contributed by atoms with Crippen LogP contribution in [0.3, 0.4) is 0 Å². The van der Waals surface area contributed by atoms with Gasteiger partial charge in [0.15, 0.2) is 0 Å². The van der Waals surface area contributed by atoms with Gasteiger partial charge in [0.25, 0.3) is 0 Å². The van der Waals surface area contributed by atoms with E-state index in [0.29, 0.717) is 0 Å². The third kappa shape index (κ3) is 4.51. The number of hydrogen-bond donors (Lipinski definition) is 0. The van der Waals surface area contributed by atoms with Gasteiger partial charge in [-0.05, 0) is 0 Å². The molecule has 3 atom stereocenters. The Morgan fingerprint density at radius 1 is 1.22 bits per heavy atom. The molecule has 170 valence electrons. The summed E-state index contributed by atoms with van der Waals surface area (Å²) < 4.78 is 11.1. The molecule has 2 aromatic carbocycles. The van der Waals surface area contributed by atoms with E-state index in [1.54, 1.807) is 0 Å². The van der Waals surface area contributed by atoms with Crippen LogP contribution in [0.25, 0.3) is 10.8 Å². The fourth-order valence-corrected chi connectivity index (χ4v) is 8.62. The van der Waals surface area contributed by atoms with Crippen molar-refractivity contribution in [2.45, 2.75) is 64.4 Å². The summed E-state index contributed by atoms with van der Waals surface area (Å²) in [6, 6.07) is 14.7. The van der Waals surface area contributed by atoms with Crippen LogP contribution in [0.4, 0.5) is 5.69 Å². The number of hydrogen-bond acceptors (Lipinski definition) is 3. The van der Waals surface area contributed by atoms with Gasteiger partial charge in [0, 0.05) is 0 Å². The fraction of sp³-hybridized carbons (Fsp3) is 0.440. The molecule has 32 heavy (non-hydrogen) atoms. The molecule has 0 N–H and O–H groups in total. The first-order chi connectivity index (χ1) is 15.0. The molecule has 0 aromatic heterocycles. The van der Waals surface area contributed by atoms with Gasteiger partial charge >= 0.3 is 213 Å². The van der Waals surface area contributed by atoms with Crippen molar-refractivity contribution in [2.75, 3.05) is 0 Å². The number of aliphatic imine (C=N–C) groups is 1. The standard InChI is InChI=1S/C25H31IN2O2SeSi/c1-16(30-32(5,6)25(2,3)4)22-21-14-20(15-26)31-24(28(21)23(22)29)27-19-12-11-17-9-7-8-10-18(17)13-19/h7-13,15-16,21-22H,14H2,1-6H3/b20-15+,27-24?/t16-,21-,22-/m1/s1. The molecule has 2 aliphatic rings. The fourth-order valence-electron chi connectivity index (χ4n) is 4.16. The van der Waals surface area contributed by atoms with Gasteiger partial charge in [0.2, 0.25) is 0 Å². The minimum absolute atomic E-state index is 0.0630. The summed E-state index contributed by atoms with van der Waals surface area (Å²) in [4.78, 5) is 20.3. The van der Waals surface area contributed by atoms with E-state index >= 15 is 0 Å². The van der Waals surface area contributed by atoms with Gasteiger partial charge in [-0.25, -0.2) is 0 Å². The second-order valence-corrected chi connectivity index (χ2v) is 17.9. The van der Waals surface area contributed by atoms with Crippen molar-refractivity contribution in [1.29, 1.82) is 0 Å². The summed E-state index contributed by atoms with van der Waals surface area (Å²) >= 11 is 2.40. The molecule has 1 amide bonds. The summed E-state index contributed by atoms with van der Waals surface area (Å²) in [6.45, 7) is 13.3. The molecule has 0 bridgehead atoms. The van der Waals surface area contributed by atoms with Crippen LogP contribution in [0.5, 0.6) is 0 Å². The molecular formula is C25H31IN2O2SeSi. The van der Waals surface area contributed by atoms with E-state index in [9.17, 15) is 4.79 Å². The third-order valence-corrected chi connectivity index (χ3v) is 15.4. The zero-order chi connectivity index (χ0) is 23.3.